The van der Waals surface area contributed by atoms with Gasteiger partial charge in [0.1, 0.15) is 23.3 Å². The summed E-state index contributed by atoms with van der Waals surface area (Å²) in [7, 11) is 0. The molecule has 5 atom stereocenters. The molecule has 0 aliphatic carbocycles. The van der Waals surface area contributed by atoms with E-state index in [1.165, 1.54) is 0 Å². The monoisotopic (exact) mass is 695 g/mol. The third-order valence-electron chi connectivity index (χ3n) is 11.3. The van der Waals surface area contributed by atoms with Gasteiger partial charge in [-0.1, -0.05) is 70.2 Å². The van der Waals surface area contributed by atoms with Crippen molar-refractivity contribution in [1.82, 2.24) is 20.3 Å². The molecule has 4 aliphatic rings. The molecular formula is C41H37N5O6. The first-order valence-electron chi connectivity index (χ1n) is 17.9. The van der Waals surface area contributed by atoms with Crippen LogP contribution in [-0.4, -0.2) is 44.1 Å². The molecule has 4 aliphatic heterocycles. The van der Waals surface area contributed by atoms with Crippen LogP contribution in [0, 0.1) is 17.8 Å². The van der Waals surface area contributed by atoms with Gasteiger partial charge >= 0.3 is 0 Å². The molecule has 0 saturated carbocycles. The number of aromatic amines is 1. The zero-order chi connectivity index (χ0) is 35.6. The Kier molecular flexibility index (Phi) is 6.52. The molecular weight excluding hydrogens is 658 g/mol. The minimum atomic E-state index is -1.17. The van der Waals surface area contributed by atoms with Crippen molar-refractivity contribution < 1.29 is 28.3 Å². The van der Waals surface area contributed by atoms with Crippen molar-refractivity contribution in [3.05, 3.63) is 95.3 Å². The maximum Gasteiger partial charge on any atom is 0.249 e. The topological polar surface area (TPSA) is 156 Å². The van der Waals surface area contributed by atoms with Crippen LogP contribution in [-0.2, 0) is 21.4 Å². The van der Waals surface area contributed by atoms with Crippen molar-refractivity contribution >= 4 is 28.3 Å². The number of benzene rings is 3. The van der Waals surface area contributed by atoms with Crippen molar-refractivity contribution in [2.24, 2.45) is 17.8 Å². The Balaban J connectivity index is 1.28. The van der Waals surface area contributed by atoms with Gasteiger partial charge in [-0.2, -0.15) is 0 Å². The van der Waals surface area contributed by atoms with Gasteiger partial charge in [0.05, 0.1) is 6.20 Å². The first-order chi connectivity index (χ1) is 25.1. The summed E-state index contributed by atoms with van der Waals surface area (Å²) in [5.41, 5.74) is 6.80. The summed E-state index contributed by atoms with van der Waals surface area (Å²) in [6.07, 6.45) is 2.03. The van der Waals surface area contributed by atoms with Gasteiger partial charge in [0.2, 0.25) is 17.7 Å². The van der Waals surface area contributed by atoms with E-state index >= 15 is 0 Å². The second kappa shape index (κ2) is 10.9. The average molecular weight is 696 g/mol. The van der Waals surface area contributed by atoms with Crippen molar-refractivity contribution in [2.75, 3.05) is 5.32 Å². The number of H-pyrrole nitrogens is 1. The number of hydrogen-bond acceptors (Lipinski definition) is 9. The maximum absolute atomic E-state index is 14.2. The number of nitrogens with zero attached hydrogens (tertiary/aromatic N) is 2. The molecule has 10 bridgehead atoms. The van der Waals surface area contributed by atoms with Gasteiger partial charge in [0.15, 0.2) is 29.2 Å². The standard InChI is InChI=1S/C41H37N5O6/c1-18(2)32-39-45-34-36(52-39)41-25-9-5-8-23(22-7-6-10-27-31(22)24(16-42-27)30-17-43-38(34)50-30)33(25)46-40(41)51-29-12-11-20(14-26(29)41)13-21(37(49)44-32)15-28(47)35(48)19(3)4/h5-12,14,16-19,21,32,35,40,42,46,48H,13,15H2,1-4H3,(H,44,49)/t21-,32+,35+,40+,41?/m1/s1. The maximum atomic E-state index is 14.2. The number of oxazole rings is 2. The number of amides is 1. The normalized spacial score (nSPS) is 22.7. The summed E-state index contributed by atoms with van der Waals surface area (Å²) in [6, 6.07) is 17.8. The fourth-order valence-corrected chi connectivity index (χ4v) is 8.71. The smallest absolute Gasteiger partial charge is 0.249 e. The van der Waals surface area contributed by atoms with Crippen LogP contribution in [0.2, 0.25) is 0 Å². The average Bonchev–Trinajstić information content (AvgIpc) is 3.95. The predicted molar refractivity (Wildman–Crippen MR) is 192 cm³/mol. The Morgan fingerprint density at radius 2 is 1.83 bits per heavy atom. The van der Waals surface area contributed by atoms with Gasteiger partial charge in [-0.15, -0.1) is 0 Å². The van der Waals surface area contributed by atoms with E-state index in [1.807, 2.05) is 44.3 Å². The highest BCUT2D eigenvalue weighted by atomic mass is 16.5. The van der Waals surface area contributed by atoms with E-state index in [0.29, 0.717) is 28.9 Å². The van der Waals surface area contributed by atoms with Crippen LogP contribution in [0.5, 0.6) is 5.75 Å². The summed E-state index contributed by atoms with van der Waals surface area (Å²) in [5.74, 6) is 0.482. The Morgan fingerprint density at radius 1 is 1.00 bits per heavy atom. The number of nitrogens with one attached hydrogen (secondary N) is 3. The van der Waals surface area contributed by atoms with Gasteiger partial charge in [-0.3, -0.25) is 9.59 Å². The molecule has 11 nitrogen and oxygen atoms in total. The quantitative estimate of drug-likeness (QED) is 0.151. The number of aromatic nitrogens is 3. The number of Topliss-reactive ketones (excluding diaryl/α,β-unsaturated/α-hetero) is 1. The molecule has 0 fully saturated rings. The van der Waals surface area contributed by atoms with Crippen molar-refractivity contribution in [1.29, 1.82) is 0 Å². The van der Waals surface area contributed by atoms with Gasteiger partial charge in [-0.25, -0.2) is 9.97 Å². The second-order valence-corrected chi connectivity index (χ2v) is 15.2. The molecule has 52 heavy (non-hydrogen) atoms. The van der Waals surface area contributed by atoms with E-state index in [9.17, 15) is 14.7 Å². The molecule has 4 N–H and O–H groups in total. The number of rotatable bonds is 5. The first-order valence-corrected chi connectivity index (χ1v) is 17.9. The molecule has 3 aromatic carbocycles. The lowest BCUT2D eigenvalue weighted by Crippen LogP contribution is -2.41. The van der Waals surface area contributed by atoms with Crippen LogP contribution in [0.4, 0.5) is 5.69 Å². The molecule has 6 aromatic rings. The van der Waals surface area contributed by atoms with Crippen molar-refractivity contribution in [2.45, 2.75) is 64.3 Å². The molecule has 3 aromatic heterocycles. The first kappa shape index (κ1) is 31.1. The van der Waals surface area contributed by atoms with Gasteiger partial charge in [0.25, 0.3) is 0 Å². The Bertz CT molecular complexity index is 2470. The summed E-state index contributed by atoms with van der Waals surface area (Å²) in [4.78, 5) is 40.9. The highest BCUT2D eigenvalue weighted by molar-refractivity contribution is 6.07. The van der Waals surface area contributed by atoms with Crippen LogP contribution < -0.4 is 15.4 Å². The Morgan fingerprint density at radius 3 is 2.65 bits per heavy atom. The summed E-state index contributed by atoms with van der Waals surface area (Å²) in [5, 5.41) is 18.6. The lowest BCUT2D eigenvalue weighted by atomic mass is 9.72. The third kappa shape index (κ3) is 4.16. The van der Waals surface area contributed by atoms with Crippen LogP contribution in [0.1, 0.15) is 68.5 Å². The van der Waals surface area contributed by atoms with Crippen LogP contribution in [0.3, 0.4) is 0 Å². The van der Waals surface area contributed by atoms with Gasteiger partial charge in [-0.05, 0) is 41.5 Å². The van der Waals surface area contributed by atoms with E-state index < -0.39 is 29.7 Å². The lowest BCUT2D eigenvalue weighted by Gasteiger charge is -2.28. The van der Waals surface area contributed by atoms with E-state index in [2.05, 4.69) is 45.9 Å². The van der Waals surface area contributed by atoms with Crippen LogP contribution >= 0.6 is 0 Å². The number of hydrogen-bond donors (Lipinski definition) is 4. The van der Waals surface area contributed by atoms with Gasteiger partial charge < -0.3 is 34.3 Å². The number of aliphatic hydroxyl groups excluding tert-OH is 1. The van der Waals surface area contributed by atoms with Crippen LogP contribution in [0.25, 0.3) is 44.9 Å². The fraction of sp³-hybridized carbons (Fsp3) is 0.317. The van der Waals surface area contributed by atoms with Crippen molar-refractivity contribution in [3.63, 3.8) is 0 Å². The number of fused-ring (bicyclic) bond motifs is 7. The SMILES string of the molecule is CC(C)[C@H](O)C(=O)C[C@H]1Cc2ccc3c(c2)C24c5cccc(c5N[C@H]2O3)-c2cccc3[nH]cc(c23)-c2cnc(o2)-c2nc(oc24)[C@H](C(C)C)NC1=O. The van der Waals surface area contributed by atoms with E-state index in [0.717, 1.165) is 50.0 Å². The third-order valence-corrected chi connectivity index (χ3v) is 11.3. The number of para-hydroxylation sites is 1. The molecule has 262 valence electrons. The Labute approximate surface area is 298 Å². The molecule has 0 radical (unpaired) electrons. The molecule has 1 spiro atoms. The number of ketones is 1. The van der Waals surface area contributed by atoms with Crippen molar-refractivity contribution in [3.8, 4) is 39.8 Å². The second-order valence-electron chi connectivity index (χ2n) is 15.2. The summed E-state index contributed by atoms with van der Waals surface area (Å²) < 4.78 is 20.4. The fourth-order valence-electron chi connectivity index (χ4n) is 8.71. The van der Waals surface area contributed by atoms with Crippen LogP contribution in [0.15, 0.2) is 75.8 Å². The zero-order valence-electron chi connectivity index (χ0n) is 29.1. The van der Waals surface area contributed by atoms with Gasteiger partial charge in [0, 0.05) is 57.4 Å². The Hall–Kier alpha value is -5.68. The lowest BCUT2D eigenvalue weighted by molar-refractivity contribution is -0.135. The minimum absolute atomic E-state index is 0.113. The predicted octanol–water partition coefficient (Wildman–Crippen LogP) is 6.90. The number of carbonyl (C=O) groups excluding carboxylic acids is 2. The molecule has 7 heterocycles. The van der Waals surface area contributed by atoms with E-state index in [-0.39, 0.29) is 42.3 Å². The molecule has 1 unspecified atom stereocenters. The van der Waals surface area contributed by atoms with E-state index in [1.54, 1.807) is 20.0 Å². The number of aliphatic hydroxyl groups is 1. The zero-order valence-corrected chi connectivity index (χ0v) is 29.1. The molecule has 11 heteroatoms. The molecule has 1 amide bonds. The number of anilines is 1. The largest absolute Gasteiger partial charge is 0.469 e. The number of ether oxygens (including phenoxy) is 1. The molecule has 10 rings (SSSR count). The highest BCUT2D eigenvalue weighted by Gasteiger charge is 2.61. The minimum Gasteiger partial charge on any atom is -0.469 e. The number of carbonyl (C=O) groups is 2. The van der Waals surface area contributed by atoms with E-state index in [4.69, 9.17) is 23.5 Å². The highest BCUT2D eigenvalue weighted by Crippen LogP contribution is 2.61. The molecule has 0 saturated heterocycles. The summed E-state index contributed by atoms with van der Waals surface area (Å²) >= 11 is 0. The summed E-state index contributed by atoms with van der Waals surface area (Å²) in [6.45, 7) is 7.56.